The van der Waals surface area contributed by atoms with Gasteiger partial charge in [-0.1, -0.05) is 97.8 Å². The standard InChI is InChI=1S/3C7H17O2P.Co/c3*1-2-3-4-5-6-7-10(8)9;/h3*10H,2-7H2,1H3,(H,8,9);/q;;;+3/p-3. The van der Waals surface area contributed by atoms with Gasteiger partial charge in [-0.05, 0) is 37.7 Å². The zero-order valence-corrected chi connectivity index (χ0v) is 24.1. The Hall–Kier alpha value is 1.08. The maximum Gasteiger partial charge on any atom is 3.00 e. The van der Waals surface area contributed by atoms with Crippen LogP contribution in [0.25, 0.3) is 0 Å². The molecule has 0 saturated carbocycles. The van der Waals surface area contributed by atoms with Crippen molar-refractivity contribution < 1.29 is 45.2 Å². The molecule has 0 aliphatic heterocycles. The van der Waals surface area contributed by atoms with Gasteiger partial charge in [0.15, 0.2) is 0 Å². The molecular weight excluding hydrogens is 500 g/mol. The third kappa shape index (κ3) is 53.9. The zero-order chi connectivity index (χ0) is 23.5. The van der Waals surface area contributed by atoms with Gasteiger partial charge in [-0.15, -0.1) is 0 Å². The maximum absolute atomic E-state index is 10.1. The molecule has 0 spiro atoms. The predicted molar refractivity (Wildman–Crippen MR) is 128 cm³/mol. The van der Waals surface area contributed by atoms with Gasteiger partial charge < -0.3 is 28.4 Å². The Morgan fingerprint density at radius 1 is 0.419 bits per heavy atom. The van der Waals surface area contributed by atoms with E-state index in [2.05, 4.69) is 20.8 Å². The second kappa shape index (κ2) is 35.7. The molecule has 0 amide bonds. The topological polar surface area (TPSA) is 120 Å². The second-order valence-electron chi connectivity index (χ2n) is 7.61. The Balaban J connectivity index is -0.000000174. The van der Waals surface area contributed by atoms with Crippen LogP contribution in [0.3, 0.4) is 0 Å². The fraction of sp³-hybridized carbons (Fsp3) is 1.00. The largest absolute Gasteiger partial charge is 3.00 e. The van der Waals surface area contributed by atoms with Crippen LogP contribution in [-0.2, 0) is 30.5 Å². The molecule has 0 aromatic carbocycles. The average Bonchev–Trinajstić information content (AvgIpc) is 2.68. The van der Waals surface area contributed by atoms with Crippen LogP contribution in [0.15, 0.2) is 0 Å². The van der Waals surface area contributed by atoms with Crippen molar-refractivity contribution in [2.45, 2.75) is 117 Å². The van der Waals surface area contributed by atoms with Crippen molar-refractivity contribution in [3.05, 3.63) is 0 Å². The Bertz CT molecular complexity index is 344. The first-order valence-electron chi connectivity index (χ1n) is 11.9. The van der Waals surface area contributed by atoms with Gasteiger partial charge in [-0.2, -0.15) is 0 Å². The molecule has 0 N–H and O–H groups in total. The predicted octanol–water partition coefficient (Wildman–Crippen LogP) is 5.37. The molecule has 0 saturated heterocycles. The second-order valence-corrected chi connectivity index (χ2v) is 11.3. The molecule has 0 aliphatic carbocycles. The molecule has 0 fully saturated rings. The third-order valence-corrected chi connectivity index (χ3v) is 6.74. The van der Waals surface area contributed by atoms with Gasteiger partial charge in [-0.25, -0.2) is 0 Å². The van der Waals surface area contributed by atoms with Gasteiger partial charge in [0, 0.05) is 24.1 Å². The average molecular weight is 548 g/mol. The molecule has 0 aliphatic rings. The Kier molecular flexibility index (Phi) is 45.2. The molecule has 0 aromatic rings. The minimum absolute atomic E-state index is 0. The third-order valence-electron chi connectivity index (χ3n) is 4.45. The van der Waals surface area contributed by atoms with E-state index in [1.54, 1.807) is 0 Å². The van der Waals surface area contributed by atoms with Crippen LogP contribution in [0.2, 0.25) is 0 Å². The van der Waals surface area contributed by atoms with Crippen molar-refractivity contribution in [2.24, 2.45) is 0 Å². The Labute approximate surface area is 204 Å². The Morgan fingerprint density at radius 3 is 0.774 bits per heavy atom. The van der Waals surface area contributed by atoms with E-state index in [4.69, 9.17) is 0 Å². The molecule has 0 bridgehead atoms. The molecule has 192 valence electrons. The molecule has 3 unspecified atom stereocenters. The van der Waals surface area contributed by atoms with Crippen molar-refractivity contribution >= 4 is 24.1 Å². The fourth-order valence-corrected chi connectivity index (χ4v) is 4.23. The van der Waals surface area contributed by atoms with Gasteiger partial charge in [0.1, 0.15) is 0 Å². The number of unbranched alkanes of at least 4 members (excludes halogenated alkanes) is 12. The van der Waals surface area contributed by atoms with E-state index in [0.29, 0.717) is 18.5 Å². The van der Waals surface area contributed by atoms with Gasteiger partial charge in [-0.3, -0.25) is 0 Å². The van der Waals surface area contributed by atoms with Crippen LogP contribution in [0.4, 0.5) is 0 Å². The molecule has 0 aromatic heterocycles. The zero-order valence-electron chi connectivity index (χ0n) is 20.0. The van der Waals surface area contributed by atoms with E-state index in [1.165, 1.54) is 57.8 Å². The van der Waals surface area contributed by atoms with Crippen molar-refractivity contribution in [3.63, 3.8) is 0 Å². The van der Waals surface area contributed by atoms with Crippen LogP contribution in [0, 0.1) is 0 Å². The van der Waals surface area contributed by atoms with E-state index in [0.717, 1.165) is 38.5 Å². The van der Waals surface area contributed by atoms with Crippen molar-refractivity contribution in [1.82, 2.24) is 0 Å². The number of hydrogen-bond donors (Lipinski definition) is 0. The van der Waals surface area contributed by atoms with Gasteiger partial charge in [0.05, 0.1) is 0 Å². The summed E-state index contributed by atoms with van der Waals surface area (Å²) in [7, 11) is -7.27. The first-order chi connectivity index (χ1) is 14.3. The van der Waals surface area contributed by atoms with E-state index in [9.17, 15) is 28.4 Å². The van der Waals surface area contributed by atoms with Crippen molar-refractivity contribution in [3.8, 4) is 0 Å². The molecule has 0 rings (SSSR count). The smallest absolute Gasteiger partial charge is 0.802 e. The van der Waals surface area contributed by atoms with Gasteiger partial charge >= 0.3 is 16.8 Å². The minimum Gasteiger partial charge on any atom is -0.802 e. The molecule has 3 atom stereocenters. The normalized spacial score (nSPS) is 13.0. The number of rotatable bonds is 18. The summed E-state index contributed by atoms with van der Waals surface area (Å²) in [5, 5.41) is 0. The van der Waals surface area contributed by atoms with Crippen LogP contribution in [-0.4, -0.2) is 18.5 Å². The molecule has 0 radical (unpaired) electrons. The maximum atomic E-state index is 10.1. The van der Waals surface area contributed by atoms with Crippen LogP contribution in [0.5, 0.6) is 0 Å². The molecule has 0 heterocycles. The van der Waals surface area contributed by atoms with Crippen molar-refractivity contribution in [1.29, 1.82) is 0 Å². The first kappa shape index (κ1) is 39.3. The monoisotopic (exact) mass is 548 g/mol. The van der Waals surface area contributed by atoms with Crippen LogP contribution in [0.1, 0.15) is 117 Å². The summed E-state index contributed by atoms with van der Waals surface area (Å²) in [6.07, 6.45) is 18.0. The Morgan fingerprint density at radius 2 is 0.613 bits per heavy atom. The van der Waals surface area contributed by atoms with E-state index in [1.807, 2.05) is 0 Å². The minimum atomic E-state index is -2.42. The summed E-state index contributed by atoms with van der Waals surface area (Å²) in [6, 6.07) is 0. The van der Waals surface area contributed by atoms with Gasteiger partial charge in [0.2, 0.25) is 0 Å². The van der Waals surface area contributed by atoms with Crippen LogP contribution >= 0.6 is 24.1 Å². The molecule has 6 nitrogen and oxygen atoms in total. The summed E-state index contributed by atoms with van der Waals surface area (Å²) >= 11 is 0. The van der Waals surface area contributed by atoms with E-state index < -0.39 is 24.1 Å². The summed E-state index contributed by atoms with van der Waals surface area (Å²) in [5.74, 6) is 0. The van der Waals surface area contributed by atoms with Gasteiger partial charge in [0.25, 0.3) is 0 Å². The van der Waals surface area contributed by atoms with Crippen molar-refractivity contribution in [2.75, 3.05) is 18.5 Å². The summed E-state index contributed by atoms with van der Waals surface area (Å²) in [6.45, 7) is 6.45. The van der Waals surface area contributed by atoms with E-state index in [-0.39, 0.29) is 16.8 Å². The van der Waals surface area contributed by atoms with E-state index >= 15 is 0 Å². The summed E-state index contributed by atoms with van der Waals surface area (Å²) in [4.78, 5) is 30.3. The SMILES string of the molecule is CCCCCCC[PH](=O)[O-].CCCCCCC[PH](=O)[O-].CCCCCCC[PH](=O)[O-].[Co+3]. The quantitative estimate of drug-likeness (QED) is 0.168. The molecular formula is C21H48CoO6P3. The number of hydrogen-bond acceptors (Lipinski definition) is 6. The first-order valence-corrected chi connectivity index (χ1v) is 16.5. The molecule has 31 heavy (non-hydrogen) atoms. The molecule has 10 heteroatoms. The van der Waals surface area contributed by atoms with Crippen LogP contribution < -0.4 is 14.7 Å². The summed E-state index contributed by atoms with van der Waals surface area (Å²) in [5.41, 5.74) is 0. The summed E-state index contributed by atoms with van der Waals surface area (Å²) < 4.78 is 30.3. The fourth-order valence-electron chi connectivity index (χ4n) is 2.62.